The van der Waals surface area contributed by atoms with Crippen LogP contribution in [0.5, 0.6) is 0 Å². The van der Waals surface area contributed by atoms with Crippen molar-refractivity contribution in [2.75, 3.05) is 0 Å². The molecule has 1 aromatic carbocycles. The van der Waals surface area contributed by atoms with E-state index in [1.54, 1.807) is 0 Å². The van der Waals surface area contributed by atoms with Crippen LogP contribution < -0.4 is 11.5 Å². The lowest BCUT2D eigenvalue weighted by molar-refractivity contribution is -0.166. The number of aliphatic carboxylic acids is 1. The number of rotatable bonds is 5. The van der Waals surface area contributed by atoms with Gasteiger partial charge in [-0.1, -0.05) is 108 Å². The molecule has 1 spiro atoms. The van der Waals surface area contributed by atoms with E-state index in [4.69, 9.17) is 11.5 Å². The molecule has 314 valence electrons. The summed E-state index contributed by atoms with van der Waals surface area (Å²) in [6.07, 6.45) is 14.9. The summed E-state index contributed by atoms with van der Waals surface area (Å²) in [6, 6.07) is 9.12. The van der Waals surface area contributed by atoms with E-state index in [1.165, 1.54) is 13.0 Å². The molecule has 3 fully saturated rings. The van der Waals surface area contributed by atoms with E-state index in [0.717, 1.165) is 16.7 Å². The largest absolute Gasteiger partial charge is 0.478 e. The van der Waals surface area contributed by atoms with Gasteiger partial charge in [-0.2, -0.15) is 0 Å². The maximum atomic E-state index is 15.8. The predicted molar refractivity (Wildman–Crippen MR) is 227 cm³/mol. The van der Waals surface area contributed by atoms with E-state index in [0.29, 0.717) is 48.0 Å². The molecule has 10 heteroatoms. The number of carbonyl (C=O) groups is 3. The van der Waals surface area contributed by atoms with Gasteiger partial charge >= 0.3 is 5.97 Å². The zero-order valence-corrected chi connectivity index (χ0v) is 35.5. The van der Waals surface area contributed by atoms with Crippen molar-refractivity contribution in [3.8, 4) is 0 Å². The van der Waals surface area contributed by atoms with Gasteiger partial charge in [0.1, 0.15) is 22.6 Å². The van der Waals surface area contributed by atoms with Crippen molar-refractivity contribution < 1.29 is 34.8 Å². The molecule has 8 N–H and O–H groups in total. The first kappa shape index (κ1) is 39.5. The molecule has 0 radical (unpaired) electrons. The molecule has 9 aliphatic rings. The molecule has 60 heavy (non-hydrogen) atoms. The molecule has 0 aromatic heterocycles. The molecular formula is C50H57N3O7. The number of aliphatic imine (C=N–C) groups is 1. The summed E-state index contributed by atoms with van der Waals surface area (Å²) in [7, 11) is 0. The van der Waals surface area contributed by atoms with Crippen molar-refractivity contribution in [1.82, 2.24) is 0 Å². The molecule has 0 amide bonds. The maximum absolute atomic E-state index is 15.8. The highest BCUT2D eigenvalue weighted by Gasteiger charge is 2.88. The Hall–Kier alpha value is -4.64. The van der Waals surface area contributed by atoms with Crippen molar-refractivity contribution in [3.63, 3.8) is 0 Å². The fourth-order valence-corrected chi connectivity index (χ4v) is 16.3. The Morgan fingerprint density at radius 2 is 1.72 bits per heavy atom. The Balaban J connectivity index is 1.34. The summed E-state index contributed by atoms with van der Waals surface area (Å²) >= 11 is 0. The number of nitrogens with zero attached hydrogens (tertiary/aromatic N) is 1. The van der Waals surface area contributed by atoms with Gasteiger partial charge in [0, 0.05) is 63.4 Å². The number of allylic oxidation sites excluding steroid dienone is 4. The molecule has 3 saturated carbocycles. The zero-order chi connectivity index (χ0) is 43.1. The molecule has 10 nitrogen and oxygen atoms in total. The topological polar surface area (TPSA) is 197 Å². The molecule has 13 atom stereocenters. The molecule has 9 aliphatic carbocycles. The summed E-state index contributed by atoms with van der Waals surface area (Å²) < 4.78 is 0. The second kappa shape index (κ2) is 11.6. The Morgan fingerprint density at radius 3 is 2.38 bits per heavy atom. The smallest absolute Gasteiger partial charge is 0.331 e. The summed E-state index contributed by atoms with van der Waals surface area (Å²) in [5.74, 6) is -4.49. The third-order valence-electron chi connectivity index (χ3n) is 18.5. The maximum Gasteiger partial charge on any atom is 0.331 e. The van der Waals surface area contributed by atoms with Gasteiger partial charge in [0.15, 0.2) is 11.7 Å². The molecule has 1 aromatic rings. The lowest BCUT2D eigenvalue weighted by atomic mass is 9.34. The van der Waals surface area contributed by atoms with Crippen LogP contribution in [0.15, 0.2) is 111 Å². The fourth-order valence-electron chi connectivity index (χ4n) is 16.3. The Bertz CT molecular complexity index is 2500. The van der Waals surface area contributed by atoms with Crippen LogP contribution in [-0.2, 0) is 14.4 Å². The van der Waals surface area contributed by atoms with E-state index >= 15 is 4.79 Å². The van der Waals surface area contributed by atoms with Crippen molar-refractivity contribution in [1.29, 1.82) is 0 Å². The van der Waals surface area contributed by atoms with Gasteiger partial charge in [-0.05, 0) is 83.4 Å². The Morgan fingerprint density at radius 1 is 1.02 bits per heavy atom. The summed E-state index contributed by atoms with van der Waals surface area (Å²) in [5.41, 5.74) is 6.83. The number of fused-ring (bicyclic) bond motifs is 3. The quantitative estimate of drug-likeness (QED) is 0.0907. The third kappa shape index (κ3) is 4.08. The van der Waals surface area contributed by atoms with Gasteiger partial charge in [0.2, 0.25) is 0 Å². The number of nitrogens with two attached hydrogens (primary N) is 2. The number of hydrogen-bond acceptors (Lipinski definition) is 7. The number of carbonyl (C=O) groups excluding carboxylic acids is 2. The summed E-state index contributed by atoms with van der Waals surface area (Å²) in [4.78, 5) is 47.0. The number of ketones is 2. The minimum atomic E-state index is -1.87. The van der Waals surface area contributed by atoms with Gasteiger partial charge < -0.3 is 31.9 Å². The minimum Gasteiger partial charge on any atom is -0.478 e. The highest BCUT2D eigenvalue weighted by atomic mass is 16.4. The lowest BCUT2D eigenvalue weighted by Crippen LogP contribution is -2.71. The first-order chi connectivity index (χ1) is 28.0. The zero-order valence-electron chi connectivity index (χ0n) is 35.5. The van der Waals surface area contributed by atoms with Crippen LogP contribution in [0.25, 0.3) is 6.08 Å². The minimum absolute atomic E-state index is 0.0382. The Labute approximate surface area is 351 Å². The van der Waals surface area contributed by atoms with Gasteiger partial charge in [-0.3, -0.25) is 9.59 Å². The number of carboxylic acid groups (broad SMARTS) is 1. The second-order valence-corrected chi connectivity index (χ2v) is 21.0. The number of aliphatic hydroxyl groups is 3. The summed E-state index contributed by atoms with van der Waals surface area (Å²) in [6.45, 7) is 13.7. The van der Waals surface area contributed by atoms with E-state index in [9.17, 15) is 30.0 Å². The van der Waals surface area contributed by atoms with Gasteiger partial charge in [-0.25, -0.2) is 9.79 Å². The highest BCUT2D eigenvalue weighted by molar-refractivity contribution is 6.02. The normalized spacial score (nSPS) is 46.5. The van der Waals surface area contributed by atoms with Crippen LogP contribution >= 0.6 is 0 Å². The van der Waals surface area contributed by atoms with Crippen molar-refractivity contribution in [2.24, 2.45) is 73.1 Å². The van der Waals surface area contributed by atoms with E-state index in [1.807, 2.05) is 75.4 Å². The van der Waals surface area contributed by atoms with Gasteiger partial charge in [-0.15, -0.1) is 0 Å². The SMILES string of the molecule is C/C(=C\[C@]1(O)C2=CCC3=C2[C@@H]2[C@@]4(C=C[C@H](N=C(N)N)[C@@H]1[C@H]4C)[C@@]1(C)CC(=O)C4=C5[C@]1(C)[C@]2(O)C(=C[C@@]5(O)[C@@H](/C=C/c1ccccc1)[C@@H]1C(C)(C)C(=O)CC[C@]41C)C3)C(=O)O. The molecule has 10 rings (SSSR count). The monoisotopic (exact) mass is 811 g/mol. The first-order valence-electron chi connectivity index (χ1n) is 21.6. The number of guanidine groups is 1. The fraction of sp³-hybridized carbons (Fsp3) is 0.520. The van der Waals surface area contributed by atoms with Gasteiger partial charge in [0.25, 0.3) is 0 Å². The first-order valence-corrected chi connectivity index (χ1v) is 21.6. The predicted octanol–water partition coefficient (Wildman–Crippen LogP) is 5.91. The molecule has 0 aliphatic heterocycles. The molecule has 0 heterocycles. The molecular weight excluding hydrogens is 755 g/mol. The number of hydrogen-bond donors (Lipinski definition) is 6. The van der Waals surface area contributed by atoms with Crippen LogP contribution in [0.1, 0.15) is 86.1 Å². The van der Waals surface area contributed by atoms with Crippen molar-refractivity contribution in [3.05, 3.63) is 111 Å². The van der Waals surface area contributed by atoms with Crippen LogP contribution in [0, 0.1) is 56.7 Å². The number of carboxylic acids is 1. The average Bonchev–Trinajstić information content (AvgIpc) is 3.63. The van der Waals surface area contributed by atoms with Crippen LogP contribution in [0.4, 0.5) is 0 Å². The number of Topliss-reactive ketones (excluding diaryl/α,β-unsaturated/α-hetero) is 2. The van der Waals surface area contributed by atoms with Crippen molar-refractivity contribution >= 4 is 29.6 Å². The van der Waals surface area contributed by atoms with E-state index < -0.39 is 85.5 Å². The molecule has 0 unspecified atom stereocenters. The van der Waals surface area contributed by atoms with E-state index in [-0.39, 0.29) is 29.5 Å². The summed E-state index contributed by atoms with van der Waals surface area (Å²) in [5, 5.41) is 52.3. The number of benzene rings is 1. The highest BCUT2D eigenvalue weighted by Crippen LogP contribution is 2.88. The average molecular weight is 812 g/mol. The van der Waals surface area contributed by atoms with Crippen LogP contribution in [-0.4, -0.2) is 66.8 Å². The standard InChI is InChI=1S/C50H57N3O7/c1-25(41(56)57)22-48(58)30-16-14-28-21-29-23-49(59)31(15-13-27-11-9-8-10-12-27)38-43(3,4)34(55)18-19-44(38,5)37-33(54)24-45(6)46(7,40(37)49)50(29,60)39(35(28)30)47(45)20-17-32(53-42(51)52)36(48)26(47)2/h8-13,15-17,20,22-23,26,31-32,36,38-39,58-60H,14,18-19,21,24H2,1-7H3,(H,56,57)(H4,51,52,53)/b15-13+,25-22+/t26-,31+,32+,36+,38-,39-,44-,45+,46+,47+,48+,49-,50+/m1/s1. The van der Waals surface area contributed by atoms with E-state index in [2.05, 4.69) is 37.9 Å². The Kier molecular flexibility index (Phi) is 7.66. The van der Waals surface area contributed by atoms with Gasteiger partial charge in [0.05, 0.1) is 6.04 Å². The molecule has 2 bridgehead atoms. The lowest BCUT2D eigenvalue weighted by Gasteiger charge is -2.69. The molecule has 0 saturated heterocycles. The van der Waals surface area contributed by atoms with Crippen molar-refractivity contribution in [2.45, 2.75) is 103 Å². The van der Waals surface area contributed by atoms with Crippen LogP contribution in [0.2, 0.25) is 0 Å². The van der Waals surface area contributed by atoms with Crippen LogP contribution in [0.3, 0.4) is 0 Å². The third-order valence-corrected chi connectivity index (χ3v) is 18.5. The second-order valence-electron chi connectivity index (χ2n) is 21.0.